The van der Waals surface area contributed by atoms with E-state index in [0.717, 1.165) is 15.6 Å². The number of methoxy groups -OCH3 is 1. The molecule has 0 aliphatic carbocycles. The first-order valence-corrected chi connectivity index (χ1v) is 9.06. The molecule has 0 unspecified atom stereocenters. The minimum absolute atomic E-state index is 0.426. The molecule has 0 radical (unpaired) electrons. The highest BCUT2D eigenvalue weighted by Crippen LogP contribution is 2.36. The van der Waals surface area contributed by atoms with Crippen LogP contribution in [0.4, 0.5) is 0 Å². The molecule has 0 saturated heterocycles. The Bertz CT molecular complexity index is 782. The van der Waals surface area contributed by atoms with Gasteiger partial charge in [0.25, 0.3) is 0 Å². The van der Waals surface area contributed by atoms with Gasteiger partial charge in [-0.05, 0) is 51.4 Å². The van der Waals surface area contributed by atoms with Crippen LogP contribution in [0, 0.1) is 0 Å². The van der Waals surface area contributed by atoms with Crippen molar-refractivity contribution in [2.45, 2.75) is 6.61 Å². The summed E-state index contributed by atoms with van der Waals surface area (Å²) in [6, 6.07) is 13.7. The molecular formula is C19H20BrN3O2S. The molecule has 0 saturated carbocycles. The molecule has 0 spiro atoms. The maximum absolute atomic E-state index is 5.91. The topological polar surface area (TPSA) is 54.9 Å². The van der Waals surface area contributed by atoms with Crippen molar-refractivity contribution in [2.75, 3.05) is 13.7 Å². The van der Waals surface area contributed by atoms with Crippen LogP contribution in [0.15, 0.2) is 64.7 Å². The average molecular weight is 434 g/mol. The maximum Gasteiger partial charge on any atom is 0.187 e. The normalized spacial score (nSPS) is 10.4. The second-order valence-electron chi connectivity index (χ2n) is 5.18. The first-order valence-electron chi connectivity index (χ1n) is 7.86. The van der Waals surface area contributed by atoms with E-state index in [2.05, 4.69) is 38.4 Å². The molecule has 0 heterocycles. The zero-order valence-electron chi connectivity index (χ0n) is 14.4. The van der Waals surface area contributed by atoms with Crippen LogP contribution >= 0.6 is 28.1 Å². The smallest absolute Gasteiger partial charge is 0.187 e. The van der Waals surface area contributed by atoms with Crippen LogP contribution in [0.5, 0.6) is 11.5 Å². The summed E-state index contributed by atoms with van der Waals surface area (Å²) in [6.45, 7) is 4.64. The van der Waals surface area contributed by atoms with Crippen molar-refractivity contribution in [3.63, 3.8) is 0 Å². The maximum atomic E-state index is 5.91. The second kappa shape index (κ2) is 10.6. The Kier molecular flexibility index (Phi) is 8.11. The van der Waals surface area contributed by atoms with Gasteiger partial charge in [-0.1, -0.05) is 36.4 Å². The fraction of sp³-hybridized carbons (Fsp3) is 0.158. The summed E-state index contributed by atoms with van der Waals surface area (Å²) in [5.41, 5.74) is 4.65. The number of nitrogens with one attached hydrogen (secondary N) is 2. The third-order valence-electron chi connectivity index (χ3n) is 3.26. The number of thiocarbonyl (C=S) groups is 1. The molecule has 26 heavy (non-hydrogen) atoms. The first-order chi connectivity index (χ1) is 12.6. The molecule has 136 valence electrons. The Hall–Kier alpha value is -2.38. The Morgan fingerprint density at radius 1 is 1.31 bits per heavy atom. The number of nitrogens with zero attached hydrogens (tertiary/aromatic N) is 1. The van der Waals surface area contributed by atoms with Crippen molar-refractivity contribution in [3.8, 4) is 11.5 Å². The van der Waals surface area contributed by atoms with Crippen molar-refractivity contribution in [2.24, 2.45) is 5.10 Å². The highest BCUT2D eigenvalue weighted by Gasteiger charge is 2.11. The van der Waals surface area contributed by atoms with Gasteiger partial charge in [0.2, 0.25) is 0 Å². The Labute approximate surface area is 167 Å². The first kappa shape index (κ1) is 19.9. The molecule has 2 rings (SSSR count). The molecule has 0 amide bonds. The van der Waals surface area contributed by atoms with Crippen molar-refractivity contribution >= 4 is 39.5 Å². The van der Waals surface area contributed by atoms with Gasteiger partial charge in [-0.2, -0.15) is 5.10 Å². The van der Waals surface area contributed by atoms with Crippen molar-refractivity contribution < 1.29 is 9.47 Å². The lowest BCUT2D eigenvalue weighted by Crippen LogP contribution is -2.31. The minimum atomic E-state index is 0.426. The van der Waals surface area contributed by atoms with Gasteiger partial charge in [0, 0.05) is 6.54 Å². The van der Waals surface area contributed by atoms with Crippen molar-refractivity contribution in [1.82, 2.24) is 10.7 Å². The van der Waals surface area contributed by atoms with E-state index in [9.17, 15) is 0 Å². The number of hydrazone groups is 1. The van der Waals surface area contributed by atoms with E-state index in [-0.39, 0.29) is 0 Å². The van der Waals surface area contributed by atoms with Gasteiger partial charge in [-0.25, -0.2) is 0 Å². The lowest BCUT2D eigenvalue weighted by molar-refractivity contribution is 0.282. The second-order valence-corrected chi connectivity index (χ2v) is 6.44. The molecular weight excluding hydrogens is 414 g/mol. The Morgan fingerprint density at radius 2 is 2.08 bits per heavy atom. The minimum Gasteiger partial charge on any atom is -0.493 e. The van der Waals surface area contributed by atoms with Crippen LogP contribution < -0.4 is 20.2 Å². The van der Waals surface area contributed by atoms with Crippen molar-refractivity contribution in [3.05, 3.63) is 70.7 Å². The van der Waals surface area contributed by atoms with Crippen molar-refractivity contribution in [1.29, 1.82) is 0 Å². The molecule has 0 aliphatic rings. The largest absolute Gasteiger partial charge is 0.493 e. The number of benzene rings is 2. The van der Waals surface area contributed by atoms with Crippen LogP contribution in [0.25, 0.3) is 0 Å². The van der Waals surface area contributed by atoms with Gasteiger partial charge in [-0.15, -0.1) is 6.58 Å². The summed E-state index contributed by atoms with van der Waals surface area (Å²) >= 11 is 8.60. The zero-order chi connectivity index (χ0) is 18.8. The lowest BCUT2D eigenvalue weighted by atomic mass is 10.2. The molecule has 0 aliphatic heterocycles. The van der Waals surface area contributed by atoms with Crippen LogP contribution in [0.2, 0.25) is 0 Å². The highest BCUT2D eigenvalue weighted by atomic mass is 79.9. The van der Waals surface area contributed by atoms with Crippen LogP contribution in [0.3, 0.4) is 0 Å². The molecule has 7 heteroatoms. The molecule has 0 bridgehead atoms. The SMILES string of the molecule is C=CCNC(=S)N/N=C/c1cc(Br)c(OCc2ccccc2)c(OC)c1. The summed E-state index contributed by atoms with van der Waals surface area (Å²) in [7, 11) is 1.60. The van der Waals surface area contributed by atoms with E-state index in [1.807, 2.05) is 42.5 Å². The van der Waals surface area contributed by atoms with E-state index in [1.54, 1.807) is 19.4 Å². The summed E-state index contributed by atoms with van der Waals surface area (Å²) in [4.78, 5) is 0. The van der Waals surface area contributed by atoms with Gasteiger partial charge in [0.15, 0.2) is 16.6 Å². The Balaban J connectivity index is 2.05. The fourth-order valence-electron chi connectivity index (χ4n) is 2.05. The fourth-order valence-corrected chi connectivity index (χ4v) is 2.76. The molecule has 5 nitrogen and oxygen atoms in total. The van der Waals surface area contributed by atoms with E-state index in [0.29, 0.717) is 29.8 Å². The molecule has 2 aromatic carbocycles. The molecule has 0 atom stereocenters. The monoisotopic (exact) mass is 433 g/mol. The molecule has 2 N–H and O–H groups in total. The van der Waals surface area contributed by atoms with Gasteiger partial charge in [0.05, 0.1) is 17.8 Å². The quantitative estimate of drug-likeness (QED) is 0.285. The van der Waals surface area contributed by atoms with Gasteiger partial charge < -0.3 is 14.8 Å². The zero-order valence-corrected chi connectivity index (χ0v) is 16.8. The number of hydrogen-bond donors (Lipinski definition) is 2. The highest BCUT2D eigenvalue weighted by molar-refractivity contribution is 9.10. The molecule has 0 aromatic heterocycles. The predicted molar refractivity (Wildman–Crippen MR) is 113 cm³/mol. The van der Waals surface area contributed by atoms with Gasteiger partial charge in [-0.3, -0.25) is 5.43 Å². The van der Waals surface area contributed by atoms with E-state index < -0.39 is 0 Å². The number of halogens is 1. The number of ether oxygens (including phenoxy) is 2. The lowest BCUT2D eigenvalue weighted by Gasteiger charge is -2.13. The van der Waals surface area contributed by atoms with E-state index >= 15 is 0 Å². The summed E-state index contributed by atoms with van der Waals surface area (Å²) in [5, 5.41) is 7.46. The molecule has 2 aromatic rings. The van der Waals surface area contributed by atoms with Gasteiger partial charge >= 0.3 is 0 Å². The average Bonchev–Trinajstić information content (AvgIpc) is 2.66. The third-order valence-corrected chi connectivity index (χ3v) is 4.09. The molecule has 0 fully saturated rings. The summed E-state index contributed by atoms with van der Waals surface area (Å²) in [5.74, 6) is 1.26. The van der Waals surface area contributed by atoms with E-state index in [1.165, 1.54) is 0 Å². The predicted octanol–water partition coefficient (Wildman–Crippen LogP) is 4.02. The van der Waals surface area contributed by atoms with Crippen LogP contribution in [0.1, 0.15) is 11.1 Å². The third kappa shape index (κ3) is 6.16. The Morgan fingerprint density at radius 3 is 2.77 bits per heavy atom. The van der Waals surface area contributed by atoms with Crippen LogP contribution in [-0.2, 0) is 6.61 Å². The van der Waals surface area contributed by atoms with Gasteiger partial charge in [0.1, 0.15) is 6.61 Å². The summed E-state index contributed by atoms with van der Waals surface area (Å²) < 4.78 is 12.1. The summed E-state index contributed by atoms with van der Waals surface area (Å²) in [6.07, 6.45) is 3.37. The number of hydrogen-bond acceptors (Lipinski definition) is 4. The number of rotatable bonds is 8. The standard InChI is InChI=1S/C19H20BrN3O2S/c1-3-9-21-19(26)23-22-12-15-10-16(20)18(17(11-15)24-2)25-13-14-7-5-4-6-8-14/h3-8,10-12H,1,9,13H2,2H3,(H2,21,23,26)/b22-12+. The van der Waals surface area contributed by atoms with E-state index in [4.69, 9.17) is 21.7 Å². The van der Waals surface area contributed by atoms with Crippen LogP contribution in [-0.4, -0.2) is 25.0 Å².